The van der Waals surface area contributed by atoms with Crippen LogP contribution < -0.4 is 5.32 Å². The summed E-state index contributed by atoms with van der Waals surface area (Å²) < 4.78 is 5.03. The summed E-state index contributed by atoms with van der Waals surface area (Å²) in [5, 5.41) is 3.39. The molecule has 19 heavy (non-hydrogen) atoms. The number of benzene rings is 1. The molecule has 2 nitrogen and oxygen atoms in total. The third kappa shape index (κ3) is 7.00. The Morgan fingerprint density at radius 2 is 2.11 bits per heavy atom. The minimum atomic E-state index is 0.768. The highest BCUT2D eigenvalue weighted by Gasteiger charge is 2.01. The van der Waals surface area contributed by atoms with Crippen LogP contribution in [-0.2, 0) is 11.3 Å². The topological polar surface area (TPSA) is 21.3 Å². The first-order chi connectivity index (χ1) is 9.27. The molecule has 0 heterocycles. The normalized spacial score (nSPS) is 10.9. The van der Waals surface area contributed by atoms with Crippen molar-refractivity contribution in [3.8, 4) is 0 Å². The molecule has 1 rings (SSSR count). The molecule has 0 unspecified atom stereocenters. The molecule has 0 aliphatic heterocycles. The van der Waals surface area contributed by atoms with Gasteiger partial charge >= 0.3 is 0 Å². The van der Waals surface area contributed by atoms with Crippen molar-refractivity contribution in [2.24, 2.45) is 0 Å². The summed E-state index contributed by atoms with van der Waals surface area (Å²) in [6.45, 7) is 7.05. The minimum Gasteiger partial charge on any atom is -0.383 e. The van der Waals surface area contributed by atoms with Gasteiger partial charge in [0.15, 0.2) is 0 Å². The first-order valence-corrected chi connectivity index (χ1v) is 8.18. The van der Waals surface area contributed by atoms with Gasteiger partial charge < -0.3 is 10.1 Å². The van der Waals surface area contributed by atoms with Crippen LogP contribution in [0.25, 0.3) is 0 Å². The summed E-state index contributed by atoms with van der Waals surface area (Å²) in [6, 6.07) is 6.80. The Kier molecular flexibility index (Phi) is 8.97. The van der Waals surface area contributed by atoms with Gasteiger partial charge in [-0.2, -0.15) is 0 Å². The molecule has 0 amide bonds. The summed E-state index contributed by atoms with van der Waals surface area (Å²) in [5.74, 6) is 1.23. The average Bonchev–Trinajstić information content (AvgIpc) is 2.42. The predicted octanol–water partition coefficient (Wildman–Crippen LogP) is 4.01. The standard InChI is InChI=1S/C16H27NOS/c1-4-5-6-11-19-16-8-7-15(14(2)12-16)13-17-9-10-18-3/h7-8,12,17H,4-6,9-11,13H2,1-3H3. The molecule has 0 aliphatic carbocycles. The number of nitrogens with one attached hydrogen (secondary N) is 1. The van der Waals surface area contributed by atoms with Crippen molar-refractivity contribution in [2.45, 2.75) is 44.6 Å². The number of unbranched alkanes of at least 4 members (excludes halogenated alkanes) is 2. The summed E-state index contributed by atoms with van der Waals surface area (Å²) in [6.07, 6.45) is 3.96. The second-order valence-corrected chi connectivity index (χ2v) is 5.98. The quantitative estimate of drug-likeness (QED) is 0.517. The van der Waals surface area contributed by atoms with Crippen molar-refractivity contribution in [3.63, 3.8) is 0 Å². The Balaban J connectivity index is 2.36. The highest BCUT2D eigenvalue weighted by atomic mass is 32.2. The first kappa shape index (κ1) is 16.5. The number of hydrogen-bond acceptors (Lipinski definition) is 3. The van der Waals surface area contributed by atoms with E-state index in [9.17, 15) is 0 Å². The van der Waals surface area contributed by atoms with E-state index in [1.165, 1.54) is 41.0 Å². The molecule has 0 fully saturated rings. The van der Waals surface area contributed by atoms with Crippen LogP contribution in [-0.4, -0.2) is 26.0 Å². The molecule has 0 spiro atoms. The van der Waals surface area contributed by atoms with Crippen molar-refractivity contribution < 1.29 is 4.74 Å². The molecule has 3 heteroatoms. The Morgan fingerprint density at radius 3 is 2.79 bits per heavy atom. The van der Waals surface area contributed by atoms with Gasteiger partial charge in [-0.1, -0.05) is 25.8 Å². The maximum absolute atomic E-state index is 5.03. The fraction of sp³-hybridized carbons (Fsp3) is 0.625. The van der Waals surface area contributed by atoms with Crippen LogP contribution in [0, 0.1) is 6.92 Å². The van der Waals surface area contributed by atoms with Crippen LogP contribution in [0.3, 0.4) is 0 Å². The van der Waals surface area contributed by atoms with Crippen LogP contribution in [0.1, 0.15) is 37.3 Å². The summed E-state index contributed by atoms with van der Waals surface area (Å²) in [7, 11) is 1.73. The Labute approximate surface area is 122 Å². The molecule has 0 radical (unpaired) electrons. The first-order valence-electron chi connectivity index (χ1n) is 7.20. The molecule has 0 atom stereocenters. The monoisotopic (exact) mass is 281 g/mol. The van der Waals surface area contributed by atoms with Crippen molar-refractivity contribution in [1.29, 1.82) is 0 Å². The van der Waals surface area contributed by atoms with Crippen LogP contribution >= 0.6 is 11.8 Å². The van der Waals surface area contributed by atoms with Gasteiger partial charge in [-0.3, -0.25) is 0 Å². The van der Waals surface area contributed by atoms with Crippen LogP contribution in [0.2, 0.25) is 0 Å². The van der Waals surface area contributed by atoms with Crippen LogP contribution in [0.15, 0.2) is 23.1 Å². The van der Waals surface area contributed by atoms with E-state index >= 15 is 0 Å². The third-order valence-corrected chi connectivity index (χ3v) is 4.21. The molecule has 108 valence electrons. The third-order valence-electron chi connectivity index (χ3n) is 3.13. The van der Waals surface area contributed by atoms with E-state index in [1.54, 1.807) is 7.11 Å². The van der Waals surface area contributed by atoms with Crippen molar-refractivity contribution in [2.75, 3.05) is 26.0 Å². The van der Waals surface area contributed by atoms with Gasteiger partial charge in [-0.25, -0.2) is 0 Å². The lowest BCUT2D eigenvalue weighted by molar-refractivity contribution is 0.199. The highest BCUT2D eigenvalue weighted by molar-refractivity contribution is 7.99. The molecule has 1 aromatic rings. The largest absolute Gasteiger partial charge is 0.383 e. The fourth-order valence-electron chi connectivity index (χ4n) is 1.90. The predicted molar refractivity (Wildman–Crippen MR) is 85.0 cm³/mol. The SMILES string of the molecule is CCCCCSc1ccc(CNCCOC)c(C)c1. The smallest absolute Gasteiger partial charge is 0.0587 e. The van der Waals surface area contributed by atoms with E-state index in [0.717, 1.165) is 19.7 Å². The second-order valence-electron chi connectivity index (χ2n) is 4.81. The number of rotatable bonds is 10. The Hall–Kier alpha value is -0.510. The number of ether oxygens (including phenoxy) is 1. The number of thioether (sulfide) groups is 1. The summed E-state index contributed by atoms with van der Waals surface area (Å²) in [4.78, 5) is 1.40. The Bertz CT molecular complexity index is 355. The fourth-order valence-corrected chi connectivity index (χ4v) is 2.90. The van der Waals surface area contributed by atoms with Gasteiger partial charge in [0.05, 0.1) is 6.61 Å². The maximum atomic E-state index is 5.03. The molecule has 0 aromatic heterocycles. The van der Waals surface area contributed by atoms with E-state index in [-0.39, 0.29) is 0 Å². The van der Waals surface area contributed by atoms with Gasteiger partial charge in [-0.15, -0.1) is 11.8 Å². The van der Waals surface area contributed by atoms with Gasteiger partial charge in [0.1, 0.15) is 0 Å². The van der Waals surface area contributed by atoms with Crippen molar-refractivity contribution >= 4 is 11.8 Å². The van der Waals surface area contributed by atoms with Gasteiger partial charge in [0.2, 0.25) is 0 Å². The van der Waals surface area contributed by atoms with E-state index in [4.69, 9.17) is 4.74 Å². The number of hydrogen-bond donors (Lipinski definition) is 1. The zero-order valence-corrected chi connectivity index (χ0v) is 13.3. The van der Waals surface area contributed by atoms with Gasteiger partial charge in [-0.05, 0) is 42.4 Å². The molecule has 0 saturated heterocycles. The number of aryl methyl sites for hydroxylation is 1. The van der Waals surface area contributed by atoms with Crippen LogP contribution in [0.5, 0.6) is 0 Å². The number of methoxy groups -OCH3 is 1. The molecular weight excluding hydrogens is 254 g/mol. The average molecular weight is 281 g/mol. The maximum Gasteiger partial charge on any atom is 0.0587 e. The van der Waals surface area contributed by atoms with E-state index < -0.39 is 0 Å². The Morgan fingerprint density at radius 1 is 1.26 bits per heavy atom. The lowest BCUT2D eigenvalue weighted by Crippen LogP contribution is -2.19. The summed E-state index contributed by atoms with van der Waals surface area (Å²) >= 11 is 1.97. The molecule has 0 aliphatic rings. The lowest BCUT2D eigenvalue weighted by atomic mass is 10.1. The molecule has 0 saturated carbocycles. The minimum absolute atomic E-state index is 0.768. The lowest BCUT2D eigenvalue weighted by Gasteiger charge is -2.09. The molecular formula is C16H27NOS. The second kappa shape index (κ2) is 10.3. The van der Waals surface area contributed by atoms with Crippen molar-refractivity contribution in [3.05, 3.63) is 29.3 Å². The highest BCUT2D eigenvalue weighted by Crippen LogP contribution is 2.22. The summed E-state index contributed by atoms with van der Waals surface area (Å²) in [5.41, 5.74) is 2.76. The van der Waals surface area contributed by atoms with E-state index in [2.05, 4.69) is 37.4 Å². The van der Waals surface area contributed by atoms with E-state index in [0.29, 0.717) is 0 Å². The van der Waals surface area contributed by atoms with Crippen molar-refractivity contribution in [1.82, 2.24) is 5.32 Å². The molecule has 1 aromatic carbocycles. The van der Waals surface area contributed by atoms with Crippen LogP contribution in [0.4, 0.5) is 0 Å². The van der Waals surface area contributed by atoms with Gasteiger partial charge in [0, 0.05) is 25.1 Å². The zero-order valence-electron chi connectivity index (χ0n) is 12.5. The van der Waals surface area contributed by atoms with Gasteiger partial charge in [0.25, 0.3) is 0 Å². The van der Waals surface area contributed by atoms with E-state index in [1.807, 2.05) is 11.8 Å². The zero-order chi connectivity index (χ0) is 13.9. The molecule has 1 N–H and O–H groups in total. The molecule has 0 bridgehead atoms.